The van der Waals surface area contributed by atoms with Crippen LogP contribution in [0.5, 0.6) is 0 Å². The molecule has 0 saturated heterocycles. The van der Waals surface area contributed by atoms with Crippen molar-refractivity contribution in [3.63, 3.8) is 0 Å². The van der Waals surface area contributed by atoms with Gasteiger partial charge in [0.1, 0.15) is 11.6 Å². The first-order valence-electron chi connectivity index (χ1n) is 7.00. The molecule has 0 heterocycles. The SMILES string of the molecule is O=C1CCC(O)=C1C(=Nc1ccc(F)cc1)c1ccccc1. The topological polar surface area (TPSA) is 49.7 Å². The minimum atomic E-state index is -0.348. The van der Waals surface area contributed by atoms with Gasteiger partial charge in [-0.3, -0.25) is 4.79 Å². The third-order valence-electron chi connectivity index (χ3n) is 3.51. The van der Waals surface area contributed by atoms with E-state index < -0.39 is 0 Å². The molecule has 0 amide bonds. The Balaban J connectivity index is 2.14. The lowest BCUT2D eigenvalue weighted by Gasteiger charge is -2.08. The van der Waals surface area contributed by atoms with E-state index in [1.165, 1.54) is 24.3 Å². The van der Waals surface area contributed by atoms with Crippen molar-refractivity contribution in [2.45, 2.75) is 12.8 Å². The molecular formula is C18H14FNO2. The van der Waals surface area contributed by atoms with Crippen LogP contribution >= 0.6 is 0 Å². The molecule has 0 aliphatic heterocycles. The number of hydrogen-bond donors (Lipinski definition) is 1. The van der Waals surface area contributed by atoms with Crippen LogP contribution in [-0.2, 0) is 4.79 Å². The summed E-state index contributed by atoms with van der Waals surface area (Å²) >= 11 is 0. The average molecular weight is 295 g/mol. The molecule has 1 N–H and O–H groups in total. The number of hydrogen-bond acceptors (Lipinski definition) is 3. The van der Waals surface area contributed by atoms with Gasteiger partial charge in [-0.1, -0.05) is 30.3 Å². The zero-order valence-electron chi connectivity index (χ0n) is 11.8. The van der Waals surface area contributed by atoms with Crippen LogP contribution in [0.25, 0.3) is 0 Å². The zero-order valence-corrected chi connectivity index (χ0v) is 11.8. The number of Topliss-reactive ketones (excluding diaryl/α,β-unsaturated/α-hetero) is 1. The Kier molecular flexibility index (Phi) is 3.83. The summed E-state index contributed by atoms with van der Waals surface area (Å²) in [5, 5.41) is 10.0. The van der Waals surface area contributed by atoms with E-state index in [0.29, 0.717) is 17.8 Å². The van der Waals surface area contributed by atoms with Crippen LogP contribution < -0.4 is 0 Å². The van der Waals surface area contributed by atoms with Crippen molar-refractivity contribution in [1.82, 2.24) is 0 Å². The summed E-state index contributed by atoms with van der Waals surface area (Å²) in [5.74, 6) is -0.406. The highest BCUT2D eigenvalue weighted by molar-refractivity contribution is 6.30. The van der Waals surface area contributed by atoms with Crippen LogP contribution in [0, 0.1) is 5.82 Å². The number of aliphatic hydroxyl groups is 1. The number of benzene rings is 2. The summed E-state index contributed by atoms with van der Waals surface area (Å²) in [6.45, 7) is 0. The summed E-state index contributed by atoms with van der Waals surface area (Å²) in [4.78, 5) is 16.5. The maximum Gasteiger partial charge on any atom is 0.168 e. The van der Waals surface area contributed by atoms with Gasteiger partial charge in [0.25, 0.3) is 0 Å². The number of halogens is 1. The molecule has 0 aromatic heterocycles. The molecule has 3 nitrogen and oxygen atoms in total. The first-order chi connectivity index (χ1) is 10.6. The van der Waals surface area contributed by atoms with Crippen molar-refractivity contribution >= 4 is 17.2 Å². The van der Waals surface area contributed by atoms with Crippen LogP contribution in [-0.4, -0.2) is 16.6 Å². The molecule has 0 saturated carbocycles. The average Bonchev–Trinajstić information content (AvgIpc) is 2.87. The van der Waals surface area contributed by atoms with E-state index in [1.807, 2.05) is 30.3 Å². The number of allylic oxidation sites excluding steroid dienone is 2. The van der Waals surface area contributed by atoms with Gasteiger partial charge in [-0.15, -0.1) is 0 Å². The maximum absolute atomic E-state index is 13.0. The summed E-state index contributed by atoms with van der Waals surface area (Å²) < 4.78 is 13.0. The summed E-state index contributed by atoms with van der Waals surface area (Å²) in [7, 11) is 0. The predicted molar refractivity (Wildman–Crippen MR) is 82.9 cm³/mol. The number of ketones is 1. The van der Waals surface area contributed by atoms with Gasteiger partial charge in [-0.05, 0) is 24.3 Å². The van der Waals surface area contributed by atoms with E-state index >= 15 is 0 Å². The van der Waals surface area contributed by atoms with Gasteiger partial charge in [0.2, 0.25) is 0 Å². The second kappa shape index (κ2) is 5.93. The second-order valence-electron chi connectivity index (χ2n) is 5.05. The fraction of sp³-hybridized carbons (Fsp3) is 0.111. The molecule has 0 bridgehead atoms. The Morgan fingerprint density at radius 3 is 2.27 bits per heavy atom. The molecule has 3 rings (SSSR count). The maximum atomic E-state index is 13.0. The molecule has 2 aromatic rings. The molecule has 0 atom stereocenters. The standard InChI is InChI=1S/C18H14FNO2/c19-13-6-8-14(9-7-13)20-18(12-4-2-1-3-5-12)17-15(21)10-11-16(17)22/h1-9,21H,10-11H2. The van der Waals surface area contributed by atoms with Crippen molar-refractivity contribution in [2.75, 3.05) is 0 Å². The van der Waals surface area contributed by atoms with Gasteiger partial charge < -0.3 is 5.11 Å². The van der Waals surface area contributed by atoms with Gasteiger partial charge in [-0.2, -0.15) is 0 Å². The smallest absolute Gasteiger partial charge is 0.168 e. The molecule has 0 fully saturated rings. The Labute approximate surface area is 127 Å². The number of aliphatic hydroxyl groups excluding tert-OH is 1. The quantitative estimate of drug-likeness (QED) is 0.866. The normalized spacial score (nSPS) is 15.5. The molecule has 2 aromatic carbocycles. The predicted octanol–water partition coefficient (Wildman–Crippen LogP) is 4.12. The molecule has 0 unspecified atom stereocenters. The van der Waals surface area contributed by atoms with Crippen molar-refractivity contribution in [3.8, 4) is 0 Å². The summed E-state index contributed by atoms with van der Waals surface area (Å²) in [6, 6.07) is 14.9. The first kappa shape index (κ1) is 14.2. The first-order valence-corrected chi connectivity index (χ1v) is 7.00. The van der Waals surface area contributed by atoms with Crippen molar-refractivity contribution in [1.29, 1.82) is 0 Å². The monoisotopic (exact) mass is 295 g/mol. The van der Waals surface area contributed by atoms with E-state index in [0.717, 1.165) is 5.56 Å². The van der Waals surface area contributed by atoms with Gasteiger partial charge in [0.05, 0.1) is 17.0 Å². The Bertz CT molecular complexity index is 761. The molecule has 110 valence electrons. The molecule has 0 radical (unpaired) electrons. The fourth-order valence-electron chi connectivity index (χ4n) is 2.42. The van der Waals surface area contributed by atoms with Crippen LogP contribution in [0.2, 0.25) is 0 Å². The second-order valence-corrected chi connectivity index (χ2v) is 5.05. The van der Waals surface area contributed by atoms with Gasteiger partial charge in [0.15, 0.2) is 5.78 Å². The lowest BCUT2D eigenvalue weighted by atomic mass is 10.0. The Morgan fingerprint density at radius 1 is 1.00 bits per heavy atom. The largest absolute Gasteiger partial charge is 0.511 e. The molecule has 0 spiro atoms. The summed E-state index contributed by atoms with van der Waals surface area (Å²) in [5.41, 5.74) is 1.95. The zero-order chi connectivity index (χ0) is 15.5. The number of carbonyl (C=O) groups excluding carboxylic acids is 1. The number of nitrogens with zero attached hydrogens (tertiary/aromatic N) is 1. The fourth-order valence-corrected chi connectivity index (χ4v) is 2.42. The highest BCUT2D eigenvalue weighted by atomic mass is 19.1. The van der Waals surface area contributed by atoms with Gasteiger partial charge in [-0.25, -0.2) is 9.38 Å². The van der Waals surface area contributed by atoms with Crippen LogP contribution in [0.1, 0.15) is 18.4 Å². The van der Waals surface area contributed by atoms with Gasteiger partial charge >= 0.3 is 0 Å². The number of carbonyl (C=O) groups is 1. The molecule has 1 aliphatic rings. The lowest BCUT2D eigenvalue weighted by Crippen LogP contribution is -2.11. The third-order valence-corrected chi connectivity index (χ3v) is 3.51. The minimum Gasteiger partial charge on any atom is -0.511 e. The van der Waals surface area contributed by atoms with Gasteiger partial charge in [0, 0.05) is 18.4 Å². The molecular weight excluding hydrogens is 281 g/mol. The summed E-state index contributed by atoms with van der Waals surface area (Å²) in [6.07, 6.45) is 0.625. The van der Waals surface area contributed by atoms with E-state index in [4.69, 9.17) is 0 Å². The highest BCUT2D eigenvalue weighted by Crippen LogP contribution is 2.27. The molecule has 1 aliphatic carbocycles. The van der Waals surface area contributed by atoms with Crippen LogP contribution in [0.15, 0.2) is 70.9 Å². The Morgan fingerprint density at radius 2 is 1.68 bits per heavy atom. The van der Waals surface area contributed by atoms with Crippen molar-refractivity contribution in [2.24, 2.45) is 4.99 Å². The molecule has 4 heteroatoms. The van der Waals surface area contributed by atoms with Crippen LogP contribution in [0.3, 0.4) is 0 Å². The van der Waals surface area contributed by atoms with Crippen molar-refractivity contribution in [3.05, 3.63) is 77.3 Å². The Hall–Kier alpha value is -2.75. The molecule has 22 heavy (non-hydrogen) atoms. The van der Waals surface area contributed by atoms with E-state index in [2.05, 4.69) is 4.99 Å². The van der Waals surface area contributed by atoms with Crippen molar-refractivity contribution < 1.29 is 14.3 Å². The van der Waals surface area contributed by atoms with E-state index in [9.17, 15) is 14.3 Å². The number of aliphatic imine (C=N–C) groups is 1. The lowest BCUT2D eigenvalue weighted by molar-refractivity contribution is -0.114. The third kappa shape index (κ3) is 2.81. The van der Waals surface area contributed by atoms with E-state index in [1.54, 1.807) is 0 Å². The minimum absolute atomic E-state index is 0.0646. The van der Waals surface area contributed by atoms with E-state index in [-0.39, 0.29) is 29.4 Å². The van der Waals surface area contributed by atoms with Crippen LogP contribution in [0.4, 0.5) is 10.1 Å². The highest BCUT2D eigenvalue weighted by Gasteiger charge is 2.27. The number of rotatable bonds is 3.